The van der Waals surface area contributed by atoms with E-state index < -0.39 is 41.7 Å². The molecule has 42 heavy (non-hydrogen) atoms. The Labute approximate surface area is 247 Å². The summed E-state index contributed by atoms with van der Waals surface area (Å²) in [7, 11) is 0. The molecule has 0 aliphatic carbocycles. The lowest BCUT2D eigenvalue weighted by molar-refractivity contribution is -0.417. The summed E-state index contributed by atoms with van der Waals surface area (Å²) in [6, 6.07) is 29.2. The van der Waals surface area contributed by atoms with Crippen LogP contribution in [-0.4, -0.2) is 70.9 Å². The van der Waals surface area contributed by atoms with Crippen LogP contribution in [0.4, 0.5) is 0 Å². The van der Waals surface area contributed by atoms with Crippen LogP contribution >= 0.6 is 0 Å². The van der Waals surface area contributed by atoms with Crippen LogP contribution in [0.1, 0.15) is 30.5 Å². The molecular formula is C34H42O8. The topological polar surface area (TPSA) is 107 Å². The highest BCUT2D eigenvalue weighted by Crippen LogP contribution is 2.57. The van der Waals surface area contributed by atoms with Crippen LogP contribution in [0.25, 0.3) is 0 Å². The number of aliphatic hydroxyl groups is 3. The van der Waals surface area contributed by atoms with Crippen LogP contribution < -0.4 is 0 Å². The zero-order chi connectivity index (χ0) is 29.6. The van der Waals surface area contributed by atoms with Crippen LogP contribution in [0.3, 0.4) is 0 Å². The van der Waals surface area contributed by atoms with Gasteiger partial charge in [-0.25, -0.2) is 0 Å². The van der Waals surface area contributed by atoms with E-state index in [9.17, 15) is 15.3 Å². The van der Waals surface area contributed by atoms with Crippen molar-refractivity contribution in [1.29, 1.82) is 0 Å². The highest BCUT2D eigenvalue weighted by Gasteiger charge is 2.76. The molecule has 8 nitrogen and oxygen atoms in total. The Balaban J connectivity index is 1.38. The van der Waals surface area contributed by atoms with Gasteiger partial charge in [0.25, 0.3) is 0 Å². The van der Waals surface area contributed by atoms with Crippen LogP contribution in [-0.2, 0) is 43.5 Å². The normalized spacial score (nSPS) is 31.2. The predicted molar refractivity (Wildman–Crippen MR) is 156 cm³/mol. The summed E-state index contributed by atoms with van der Waals surface area (Å²) in [5.74, 6) is -2.30. The van der Waals surface area contributed by atoms with Gasteiger partial charge in [-0.05, 0) is 16.7 Å². The van der Waals surface area contributed by atoms with Gasteiger partial charge in [0, 0.05) is 11.8 Å². The molecule has 0 radical (unpaired) electrons. The molecule has 0 amide bonds. The van der Waals surface area contributed by atoms with Crippen molar-refractivity contribution in [3.05, 3.63) is 108 Å². The summed E-state index contributed by atoms with van der Waals surface area (Å²) in [6.45, 7) is 4.05. The number of hydrogen-bond donors (Lipinski definition) is 3. The Kier molecular flexibility index (Phi) is 9.77. The minimum Gasteiger partial charge on any atom is -0.393 e. The third-order valence-corrected chi connectivity index (χ3v) is 8.74. The maximum atomic E-state index is 12.3. The summed E-state index contributed by atoms with van der Waals surface area (Å²) >= 11 is 0. The summed E-state index contributed by atoms with van der Waals surface area (Å²) < 4.78 is 31.3. The third-order valence-electron chi connectivity index (χ3n) is 8.74. The standard InChI is InChI=1S/C34H42O8/c1-25(18-38-19-27-12-6-3-7-13-27)34-26(2)31(36)33(23-35,42-34)32(37,24-40-21-29-16-10-5-11-17-29)30(41-34)22-39-20-28-14-8-4-9-15-28/h3-17,25-26,30-31,35-37H,18-24H2,1-2H3/t25-,26-,30+,31+,32-,33+,34-/m0/s1. The quantitative estimate of drug-likeness (QED) is 0.265. The van der Waals surface area contributed by atoms with E-state index in [0.29, 0.717) is 13.2 Å². The molecule has 3 N–H and O–H groups in total. The monoisotopic (exact) mass is 578 g/mol. The maximum absolute atomic E-state index is 12.3. The van der Waals surface area contributed by atoms with Gasteiger partial charge in [-0.2, -0.15) is 0 Å². The molecule has 0 unspecified atom stereocenters. The van der Waals surface area contributed by atoms with Crippen molar-refractivity contribution in [3.8, 4) is 0 Å². The second kappa shape index (κ2) is 13.3. The van der Waals surface area contributed by atoms with Gasteiger partial charge in [-0.3, -0.25) is 0 Å². The van der Waals surface area contributed by atoms with Gasteiger partial charge in [0.1, 0.15) is 11.7 Å². The van der Waals surface area contributed by atoms with Gasteiger partial charge < -0.3 is 39.0 Å². The Morgan fingerprint density at radius 3 is 1.81 bits per heavy atom. The molecule has 2 bridgehead atoms. The SMILES string of the molecule is C[C@@H](COCc1ccccc1)[C@]12O[C@H](COCc3ccccc3)[C@@](O)(COCc3ccccc3)[C@](CO)(O1)[C@H](O)[C@@H]2C. The molecule has 2 aliphatic heterocycles. The minimum absolute atomic E-state index is 0.00994. The molecule has 3 aromatic carbocycles. The van der Waals surface area contributed by atoms with Crippen molar-refractivity contribution < 1.29 is 39.0 Å². The first-order valence-electron chi connectivity index (χ1n) is 14.6. The Morgan fingerprint density at radius 1 is 0.786 bits per heavy atom. The van der Waals surface area contributed by atoms with Gasteiger partial charge in [-0.1, -0.05) is 105 Å². The van der Waals surface area contributed by atoms with Crippen molar-refractivity contribution in [2.75, 3.05) is 26.4 Å². The van der Waals surface area contributed by atoms with Gasteiger partial charge in [0.2, 0.25) is 0 Å². The molecule has 2 heterocycles. The molecule has 226 valence electrons. The number of ether oxygens (including phenoxy) is 5. The van der Waals surface area contributed by atoms with Gasteiger partial charge >= 0.3 is 0 Å². The third kappa shape index (κ3) is 5.91. The summed E-state index contributed by atoms with van der Waals surface area (Å²) in [5.41, 5.74) is -0.762. The molecule has 5 rings (SSSR count). The number of rotatable bonds is 14. The van der Waals surface area contributed by atoms with Crippen molar-refractivity contribution in [3.63, 3.8) is 0 Å². The molecule has 0 spiro atoms. The maximum Gasteiger partial charge on any atom is 0.179 e. The molecule has 8 heteroatoms. The highest BCUT2D eigenvalue weighted by molar-refractivity contribution is 5.22. The lowest BCUT2D eigenvalue weighted by atomic mass is 9.74. The van der Waals surface area contributed by atoms with Crippen molar-refractivity contribution in [1.82, 2.24) is 0 Å². The zero-order valence-electron chi connectivity index (χ0n) is 24.3. The average molecular weight is 579 g/mol. The summed E-state index contributed by atoms with van der Waals surface area (Å²) in [6.07, 6.45) is -2.22. The fraction of sp³-hybridized carbons (Fsp3) is 0.471. The zero-order valence-corrected chi connectivity index (χ0v) is 24.3. The van der Waals surface area contributed by atoms with Gasteiger partial charge in [-0.15, -0.1) is 0 Å². The number of fused-ring (bicyclic) bond motifs is 2. The number of hydrogen-bond acceptors (Lipinski definition) is 8. The summed E-state index contributed by atoms with van der Waals surface area (Å²) in [5, 5.41) is 34.8. The van der Waals surface area contributed by atoms with Gasteiger partial charge in [0.15, 0.2) is 11.4 Å². The molecule has 0 aromatic heterocycles. The highest BCUT2D eigenvalue weighted by atomic mass is 16.8. The minimum atomic E-state index is -1.93. The lowest BCUT2D eigenvalue weighted by Crippen LogP contribution is -2.75. The van der Waals surface area contributed by atoms with E-state index in [1.54, 1.807) is 0 Å². The van der Waals surface area contributed by atoms with Crippen molar-refractivity contribution in [2.24, 2.45) is 11.8 Å². The Hall–Kier alpha value is -2.66. The fourth-order valence-electron chi connectivity index (χ4n) is 6.25. The number of benzene rings is 3. The first-order chi connectivity index (χ1) is 20.3. The smallest absolute Gasteiger partial charge is 0.179 e. The van der Waals surface area contributed by atoms with E-state index in [2.05, 4.69) is 0 Å². The molecular weight excluding hydrogens is 536 g/mol. The van der Waals surface area contributed by atoms with Gasteiger partial charge in [0.05, 0.1) is 52.4 Å². The number of aliphatic hydroxyl groups excluding tert-OH is 2. The molecule has 0 saturated carbocycles. The largest absolute Gasteiger partial charge is 0.393 e. The fourth-order valence-corrected chi connectivity index (χ4v) is 6.25. The molecule has 3 aromatic rings. The Bertz CT molecular complexity index is 1240. The summed E-state index contributed by atoms with van der Waals surface area (Å²) in [4.78, 5) is 0. The van der Waals surface area contributed by atoms with Crippen LogP contribution in [0.5, 0.6) is 0 Å². The van der Waals surface area contributed by atoms with Crippen molar-refractivity contribution >= 4 is 0 Å². The van der Waals surface area contributed by atoms with Crippen LogP contribution in [0.15, 0.2) is 91.0 Å². The van der Waals surface area contributed by atoms with E-state index in [1.165, 1.54) is 0 Å². The molecule has 2 aliphatic rings. The second-order valence-corrected chi connectivity index (χ2v) is 11.5. The molecule has 7 atom stereocenters. The van der Waals surface area contributed by atoms with E-state index in [-0.39, 0.29) is 32.3 Å². The van der Waals surface area contributed by atoms with Crippen molar-refractivity contribution in [2.45, 2.75) is 62.9 Å². The van der Waals surface area contributed by atoms with Crippen LogP contribution in [0, 0.1) is 11.8 Å². The first kappa shape index (κ1) is 30.8. The lowest BCUT2D eigenvalue weighted by Gasteiger charge is -2.55. The second-order valence-electron chi connectivity index (χ2n) is 11.5. The Morgan fingerprint density at radius 2 is 1.29 bits per heavy atom. The molecule has 2 saturated heterocycles. The van der Waals surface area contributed by atoms with Crippen LogP contribution in [0.2, 0.25) is 0 Å². The molecule has 2 fully saturated rings. The first-order valence-corrected chi connectivity index (χ1v) is 14.6. The van der Waals surface area contributed by atoms with E-state index in [0.717, 1.165) is 16.7 Å². The van der Waals surface area contributed by atoms with E-state index in [1.807, 2.05) is 105 Å². The van der Waals surface area contributed by atoms with E-state index in [4.69, 9.17) is 23.7 Å². The van der Waals surface area contributed by atoms with E-state index >= 15 is 0 Å². The predicted octanol–water partition coefficient (Wildman–Crippen LogP) is 3.86. The average Bonchev–Trinajstić information content (AvgIpc) is 3.23.